The molecule has 1 atom stereocenters. The minimum absolute atomic E-state index is 0.145. The lowest BCUT2D eigenvalue weighted by Crippen LogP contribution is -2.22. The zero-order valence-electron chi connectivity index (χ0n) is 14.6. The van der Waals surface area contributed by atoms with Crippen molar-refractivity contribution >= 4 is 11.5 Å². The number of nitrogens with one attached hydrogen (secondary N) is 1. The Balaban J connectivity index is 1.70. The number of aromatic nitrogens is 2. The monoisotopic (exact) mass is 341 g/mol. The number of carbonyl (C=O) groups excluding carboxylic acids is 1. The molecule has 1 N–H and O–H groups in total. The quantitative estimate of drug-likeness (QED) is 0.876. The maximum atomic E-state index is 12.2. The number of methoxy groups -OCH3 is 2. The number of hydrogen-bond acceptors (Lipinski definition) is 5. The van der Waals surface area contributed by atoms with E-state index in [2.05, 4.69) is 15.0 Å². The summed E-state index contributed by atoms with van der Waals surface area (Å²) in [6.45, 7) is 0.670. The van der Waals surface area contributed by atoms with Crippen molar-refractivity contribution < 1.29 is 14.3 Å². The van der Waals surface area contributed by atoms with Gasteiger partial charge in [0.25, 0.3) is 0 Å². The van der Waals surface area contributed by atoms with Crippen molar-refractivity contribution in [2.45, 2.75) is 31.6 Å². The Morgan fingerprint density at radius 2 is 2.08 bits per heavy atom. The number of Topliss-reactive ketones (excluding diaryl/α,β-unsaturated/α-hetero) is 1. The van der Waals surface area contributed by atoms with Gasteiger partial charge in [0.1, 0.15) is 5.78 Å². The topological polar surface area (TPSA) is 76.6 Å². The molecule has 1 aromatic heterocycles. The zero-order valence-corrected chi connectivity index (χ0v) is 14.6. The van der Waals surface area contributed by atoms with Gasteiger partial charge in [0.2, 0.25) is 0 Å². The molecule has 0 aliphatic heterocycles. The van der Waals surface area contributed by atoms with Gasteiger partial charge < -0.3 is 14.5 Å². The van der Waals surface area contributed by atoms with Gasteiger partial charge in [-0.1, -0.05) is 6.07 Å². The van der Waals surface area contributed by atoms with Gasteiger partial charge in [-0.05, 0) is 30.0 Å². The van der Waals surface area contributed by atoms with E-state index < -0.39 is 0 Å². The van der Waals surface area contributed by atoms with E-state index >= 15 is 0 Å². The molecule has 1 aliphatic rings. The first-order valence-corrected chi connectivity index (χ1v) is 8.42. The van der Waals surface area contributed by atoms with Crippen LogP contribution in [0.4, 0.5) is 0 Å². The van der Waals surface area contributed by atoms with Crippen LogP contribution in [0.5, 0.6) is 11.5 Å². The molecule has 1 saturated carbocycles. The Kier molecular flexibility index (Phi) is 5.48. The van der Waals surface area contributed by atoms with Crippen molar-refractivity contribution in [2.24, 2.45) is 4.99 Å². The molecule has 1 aromatic carbocycles. The smallest absolute Gasteiger partial charge is 0.160 e. The number of rotatable bonds is 6. The SMILES string of the molecule is COc1ccc([C@H]2CC(=O)CC(=NCCc3cnc[nH]3)C2)cc1OC. The molecule has 0 spiro atoms. The zero-order chi connectivity index (χ0) is 17.6. The van der Waals surface area contributed by atoms with Gasteiger partial charge in [0.05, 0.1) is 20.5 Å². The molecule has 132 valence electrons. The number of aliphatic imine (C=N–C) groups is 1. The first kappa shape index (κ1) is 17.2. The van der Waals surface area contributed by atoms with Crippen molar-refractivity contribution in [1.29, 1.82) is 0 Å². The van der Waals surface area contributed by atoms with E-state index in [0.29, 0.717) is 30.9 Å². The van der Waals surface area contributed by atoms with Crippen molar-refractivity contribution in [2.75, 3.05) is 20.8 Å². The molecule has 0 radical (unpaired) electrons. The molecule has 25 heavy (non-hydrogen) atoms. The fourth-order valence-corrected chi connectivity index (χ4v) is 3.22. The van der Waals surface area contributed by atoms with Crippen LogP contribution < -0.4 is 9.47 Å². The van der Waals surface area contributed by atoms with E-state index in [1.807, 2.05) is 18.2 Å². The fraction of sp³-hybridized carbons (Fsp3) is 0.421. The van der Waals surface area contributed by atoms with Gasteiger partial charge in [-0.25, -0.2) is 4.98 Å². The Labute approximate surface area is 147 Å². The second kappa shape index (κ2) is 7.96. The van der Waals surface area contributed by atoms with Gasteiger partial charge in [-0.2, -0.15) is 0 Å². The summed E-state index contributed by atoms with van der Waals surface area (Å²) in [6, 6.07) is 5.86. The van der Waals surface area contributed by atoms with E-state index in [4.69, 9.17) is 9.47 Å². The highest BCUT2D eigenvalue weighted by molar-refractivity contribution is 6.05. The van der Waals surface area contributed by atoms with Gasteiger partial charge >= 0.3 is 0 Å². The maximum absolute atomic E-state index is 12.2. The lowest BCUT2D eigenvalue weighted by molar-refractivity contribution is -0.118. The normalized spacial score (nSPS) is 19.2. The van der Waals surface area contributed by atoms with Crippen molar-refractivity contribution in [3.05, 3.63) is 42.0 Å². The number of benzene rings is 1. The molecule has 6 heteroatoms. The largest absolute Gasteiger partial charge is 0.493 e. The molecule has 1 heterocycles. The molecule has 6 nitrogen and oxygen atoms in total. The minimum atomic E-state index is 0.145. The number of ether oxygens (including phenoxy) is 2. The summed E-state index contributed by atoms with van der Waals surface area (Å²) in [5.41, 5.74) is 3.13. The van der Waals surface area contributed by atoms with Crippen molar-refractivity contribution in [1.82, 2.24) is 9.97 Å². The third-order valence-electron chi connectivity index (χ3n) is 4.51. The van der Waals surface area contributed by atoms with Gasteiger partial charge in [0.15, 0.2) is 11.5 Å². The minimum Gasteiger partial charge on any atom is -0.493 e. The number of carbonyl (C=O) groups is 1. The second-order valence-electron chi connectivity index (χ2n) is 6.21. The first-order chi connectivity index (χ1) is 12.2. The molecule has 2 aromatic rings. The van der Waals surface area contributed by atoms with E-state index in [1.165, 1.54) is 0 Å². The third kappa shape index (κ3) is 4.26. The molecular weight excluding hydrogens is 318 g/mol. The first-order valence-electron chi connectivity index (χ1n) is 8.42. The van der Waals surface area contributed by atoms with E-state index in [0.717, 1.165) is 29.8 Å². The summed E-state index contributed by atoms with van der Waals surface area (Å²) in [6.07, 6.45) is 6.10. The van der Waals surface area contributed by atoms with E-state index in [9.17, 15) is 4.79 Å². The molecule has 3 rings (SSSR count). The fourth-order valence-electron chi connectivity index (χ4n) is 3.22. The molecule has 1 aliphatic carbocycles. The number of hydrogen-bond donors (Lipinski definition) is 1. The summed E-state index contributed by atoms with van der Waals surface area (Å²) in [5.74, 6) is 1.77. The molecule has 0 bridgehead atoms. The van der Waals surface area contributed by atoms with Crippen LogP contribution in [0.1, 0.15) is 36.4 Å². The maximum Gasteiger partial charge on any atom is 0.160 e. The van der Waals surface area contributed by atoms with E-state index in [-0.39, 0.29) is 11.7 Å². The standard InChI is InChI=1S/C19H23N3O3/c1-24-18-4-3-13(9-19(18)25-2)14-7-16(10-17(23)8-14)21-6-5-15-11-20-12-22-15/h3-4,9,11-12,14H,5-8,10H2,1-2H3,(H,20,22)/t14-/m1/s1. The molecule has 1 fully saturated rings. The van der Waals surface area contributed by atoms with E-state index in [1.54, 1.807) is 26.7 Å². The van der Waals surface area contributed by atoms with Gasteiger partial charge in [0, 0.05) is 43.4 Å². The Hall–Kier alpha value is -2.63. The average Bonchev–Trinajstić information content (AvgIpc) is 3.14. The van der Waals surface area contributed by atoms with Crippen LogP contribution in [0.3, 0.4) is 0 Å². The third-order valence-corrected chi connectivity index (χ3v) is 4.51. The lowest BCUT2D eigenvalue weighted by Gasteiger charge is -2.23. The second-order valence-corrected chi connectivity index (χ2v) is 6.21. The number of aromatic amines is 1. The number of ketones is 1. The van der Waals surface area contributed by atoms with Crippen LogP contribution in [0.15, 0.2) is 35.7 Å². The highest BCUT2D eigenvalue weighted by Gasteiger charge is 2.26. The Morgan fingerprint density at radius 1 is 1.24 bits per heavy atom. The summed E-state index contributed by atoms with van der Waals surface area (Å²) in [5, 5.41) is 0. The molecule has 0 amide bonds. The lowest BCUT2D eigenvalue weighted by atomic mass is 9.82. The highest BCUT2D eigenvalue weighted by Crippen LogP contribution is 2.35. The van der Waals surface area contributed by atoms with Crippen LogP contribution in [0.2, 0.25) is 0 Å². The number of nitrogens with zero attached hydrogens (tertiary/aromatic N) is 2. The van der Waals surface area contributed by atoms with Crippen molar-refractivity contribution in [3.63, 3.8) is 0 Å². The van der Waals surface area contributed by atoms with Crippen LogP contribution in [-0.4, -0.2) is 42.2 Å². The summed E-state index contributed by atoms with van der Waals surface area (Å²) in [4.78, 5) is 23.9. The highest BCUT2D eigenvalue weighted by atomic mass is 16.5. The summed E-state index contributed by atoms with van der Waals surface area (Å²) in [7, 11) is 3.24. The van der Waals surface area contributed by atoms with Crippen LogP contribution in [-0.2, 0) is 11.2 Å². The number of imidazole rings is 1. The van der Waals surface area contributed by atoms with Crippen LogP contribution >= 0.6 is 0 Å². The van der Waals surface area contributed by atoms with Crippen molar-refractivity contribution in [3.8, 4) is 11.5 Å². The van der Waals surface area contributed by atoms with Gasteiger partial charge in [-0.3, -0.25) is 9.79 Å². The van der Waals surface area contributed by atoms with Crippen LogP contribution in [0.25, 0.3) is 0 Å². The van der Waals surface area contributed by atoms with Crippen LogP contribution in [0, 0.1) is 0 Å². The average molecular weight is 341 g/mol. The Morgan fingerprint density at radius 3 is 2.80 bits per heavy atom. The summed E-state index contributed by atoms with van der Waals surface area (Å²) < 4.78 is 10.7. The number of H-pyrrole nitrogens is 1. The Bertz CT molecular complexity index is 753. The molecule has 0 unspecified atom stereocenters. The molecule has 0 saturated heterocycles. The predicted molar refractivity (Wildman–Crippen MR) is 95.7 cm³/mol. The van der Waals surface area contributed by atoms with Gasteiger partial charge in [-0.15, -0.1) is 0 Å². The summed E-state index contributed by atoms with van der Waals surface area (Å²) >= 11 is 0. The predicted octanol–water partition coefficient (Wildman–Crippen LogP) is 2.95. The molecular formula is C19H23N3O3.